The van der Waals surface area contributed by atoms with Crippen molar-refractivity contribution in [2.24, 2.45) is 0 Å². The second-order valence-electron chi connectivity index (χ2n) is 5.62. The van der Waals surface area contributed by atoms with Gasteiger partial charge < -0.3 is 14.2 Å². The fourth-order valence-corrected chi connectivity index (χ4v) is 2.10. The third kappa shape index (κ3) is 2.75. The van der Waals surface area contributed by atoms with Gasteiger partial charge in [0.2, 0.25) is 0 Å². The summed E-state index contributed by atoms with van der Waals surface area (Å²) in [6.07, 6.45) is 0.106. The van der Waals surface area contributed by atoms with Crippen LogP contribution in [0.5, 0.6) is 0 Å². The van der Waals surface area contributed by atoms with Gasteiger partial charge in [0.1, 0.15) is 17.7 Å². The van der Waals surface area contributed by atoms with Gasteiger partial charge in [-0.1, -0.05) is 0 Å². The first-order valence-corrected chi connectivity index (χ1v) is 6.05. The van der Waals surface area contributed by atoms with Crippen LogP contribution < -0.4 is 0 Å². The molecule has 0 N–H and O–H groups in total. The number of nitrogens with zero attached hydrogens (tertiary/aromatic N) is 1. The van der Waals surface area contributed by atoms with Crippen molar-refractivity contribution in [1.29, 1.82) is 0 Å². The zero-order valence-corrected chi connectivity index (χ0v) is 11.1. The number of ether oxygens (including phenoxy) is 3. The zero-order valence-electron chi connectivity index (χ0n) is 11.1. The maximum atomic E-state index is 12.0. The molecular formula is C12H19NO5. The molecule has 0 radical (unpaired) electrons. The van der Waals surface area contributed by atoms with Crippen LogP contribution in [0.2, 0.25) is 0 Å². The molecule has 0 aliphatic carbocycles. The normalized spacial score (nSPS) is 30.4. The number of piperidine rings is 1. The Hall–Kier alpha value is -1.30. The van der Waals surface area contributed by atoms with Crippen molar-refractivity contribution in [2.75, 3.05) is 13.7 Å². The summed E-state index contributed by atoms with van der Waals surface area (Å²) in [5.74, 6) is -0.421. The number of methoxy groups -OCH3 is 1. The van der Waals surface area contributed by atoms with E-state index in [1.54, 1.807) is 20.8 Å². The summed E-state index contributed by atoms with van der Waals surface area (Å²) < 4.78 is 15.4. The van der Waals surface area contributed by atoms with Crippen LogP contribution in [0, 0.1) is 0 Å². The third-order valence-electron chi connectivity index (χ3n) is 3.00. The van der Waals surface area contributed by atoms with Gasteiger partial charge in [-0.15, -0.1) is 0 Å². The summed E-state index contributed by atoms with van der Waals surface area (Å²) in [4.78, 5) is 25.1. The van der Waals surface area contributed by atoms with E-state index in [9.17, 15) is 9.59 Å². The molecule has 1 amide bonds. The number of likely N-dealkylation sites (tertiary alicyclic amines) is 1. The summed E-state index contributed by atoms with van der Waals surface area (Å²) >= 11 is 0. The molecule has 0 unspecified atom stereocenters. The average Bonchev–Trinajstić information content (AvgIpc) is 3.01. The summed E-state index contributed by atoms with van der Waals surface area (Å²) in [5, 5.41) is 0. The van der Waals surface area contributed by atoms with E-state index < -0.39 is 23.7 Å². The Morgan fingerprint density at radius 1 is 1.28 bits per heavy atom. The molecule has 0 aromatic heterocycles. The number of fused-ring (bicyclic) bond motifs is 1. The van der Waals surface area contributed by atoms with Gasteiger partial charge in [0.15, 0.2) is 0 Å². The van der Waals surface area contributed by atoms with E-state index in [1.807, 2.05) is 0 Å². The minimum atomic E-state index is -0.603. The van der Waals surface area contributed by atoms with Crippen molar-refractivity contribution in [1.82, 2.24) is 4.90 Å². The first-order valence-electron chi connectivity index (χ1n) is 6.05. The summed E-state index contributed by atoms with van der Waals surface area (Å²) in [7, 11) is 1.31. The molecule has 2 rings (SSSR count). The van der Waals surface area contributed by atoms with Crippen LogP contribution in [-0.4, -0.2) is 54.5 Å². The highest BCUT2D eigenvalue weighted by Gasteiger charge is 2.52. The second-order valence-corrected chi connectivity index (χ2v) is 5.62. The van der Waals surface area contributed by atoms with Crippen molar-refractivity contribution < 1.29 is 23.8 Å². The monoisotopic (exact) mass is 257 g/mol. The molecule has 2 aliphatic rings. The van der Waals surface area contributed by atoms with E-state index in [0.29, 0.717) is 13.0 Å². The molecule has 6 heteroatoms. The molecule has 2 heterocycles. The molecule has 3 atom stereocenters. The van der Waals surface area contributed by atoms with Gasteiger partial charge in [-0.2, -0.15) is 0 Å². The fourth-order valence-electron chi connectivity index (χ4n) is 2.10. The molecule has 0 bridgehead atoms. The Morgan fingerprint density at radius 3 is 2.50 bits per heavy atom. The number of amides is 1. The lowest BCUT2D eigenvalue weighted by molar-refractivity contribution is -0.147. The number of carbonyl (C=O) groups excluding carboxylic acids is 2. The molecule has 18 heavy (non-hydrogen) atoms. The van der Waals surface area contributed by atoms with Crippen LogP contribution in [0.1, 0.15) is 27.2 Å². The lowest BCUT2D eigenvalue weighted by Gasteiger charge is -2.33. The average molecular weight is 257 g/mol. The SMILES string of the molecule is COC(=O)[C@@H]1C[C@@H]2O[C@@H]2CN1C(=O)OC(C)(C)C. The van der Waals surface area contributed by atoms with Crippen LogP contribution in [0.25, 0.3) is 0 Å². The van der Waals surface area contributed by atoms with Crippen LogP contribution >= 0.6 is 0 Å². The van der Waals surface area contributed by atoms with E-state index >= 15 is 0 Å². The van der Waals surface area contributed by atoms with Crippen LogP contribution in [-0.2, 0) is 19.0 Å². The van der Waals surface area contributed by atoms with Crippen LogP contribution in [0.15, 0.2) is 0 Å². The number of rotatable bonds is 1. The third-order valence-corrected chi connectivity index (χ3v) is 3.00. The zero-order chi connectivity index (χ0) is 13.5. The van der Waals surface area contributed by atoms with E-state index in [1.165, 1.54) is 12.0 Å². The minimum absolute atomic E-state index is 0.0402. The molecule has 0 aromatic rings. The quantitative estimate of drug-likeness (QED) is 0.516. The second kappa shape index (κ2) is 4.42. The molecule has 0 spiro atoms. The van der Waals surface area contributed by atoms with Gasteiger partial charge in [0.25, 0.3) is 0 Å². The Kier molecular flexibility index (Phi) is 3.23. The van der Waals surface area contributed by atoms with Crippen molar-refractivity contribution in [2.45, 2.75) is 51.0 Å². The Morgan fingerprint density at radius 2 is 1.94 bits per heavy atom. The van der Waals surface area contributed by atoms with Crippen molar-refractivity contribution in [3.63, 3.8) is 0 Å². The minimum Gasteiger partial charge on any atom is -0.467 e. The maximum Gasteiger partial charge on any atom is 0.411 e. The molecule has 102 valence electrons. The molecule has 0 saturated carbocycles. The van der Waals surface area contributed by atoms with E-state index in [2.05, 4.69) is 0 Å². The number of epoxide rings is 1. The van der Waals surface area contributed by atoms with Gasteiger partial charge in [-0.3, -0.25) is 4.90 Å². The molecule has 2 aliphatic heterocycles. The van der Waals surface area contributed by atoms with Crippen molar-refractivity contribution >= 4 is 12.1 Å². The Labute approximate surface area is 106 Å². The number of carbonyl (C=O) groups is 2. The smallest absolute Gasteiger partial charge is 0.411 e. The van der Waals surface area contributed by atoms with Crippen LogP contribution in [0.3, 0.4) is 0 Å². The van der Waals surface area contributed by atoms with Gasteiger partial charge in [-0.05, 0) is 20.8 Å². The molecule has 2 fully saturated rings. The van der Waals surface area contributed by atoms with E-state index in [4.69, 9.17) is 14.2 Å². The summed E-state index contributed by atoms with van der Waals surface area (Å²) in [5.41, 5.74) is -0.584. The number of hydrogen-bond donors (Lipinski definition) is 0. The highest BCUT2D eigenvalue weighted by molar-refractivity contribution is 5.82. The van der Waals surface area contributed by atoms with Crippen molar-refractivity contribution in [3.05, 3.63) is 0 Å². The van der Waals surface area contributed by atoms with Gasteiger partial charge in [-0.25, -0.2) is 9.59 Å². The van der Waals surface area contributed by atoms with Crippen molar-refractivity contribution in [3.8, 4) is 0 Å². The predicted octanol–water partition coefficient (Wildman–Crippen LogP) is 0.936. The predicted molar refractivity (Wildman–Crippen MR) is 62.0 cm³/mol. The number of esters is 1. The Bertz CT molecular complexity index is 362. The highest BCUT2D eigenvalue weighted by atomic mass is 16.6. The Balaban J connectivity index is 2.07. The molecular weight excluding hydrogens is 238 g/mol. The van der Waals surface area contributed by atoms with E-state index in [0.717, 1.165) is 0 Å². The lowest BCUT2D eigenvalue weighted by atomic mass is 10.0. The highest BCUT2D eigenvalue weighted by Crippen LogP contribution is 2.35. The van der Waals surface area contributed by atoms with Gasteiger partial charge in [0.05, 0.1) is 19.8 Å². The number of hydrogen-bond acceptors (Lipinski definition) is 5. The molecule has 6 nitrogen and oxygen atoms in total. The molecule has 2 saturated heterocycles. The van der Waals surface area contributed by atoms with Gasteiger partial charge >= 0.3 is 12.1 Å². The topological polar surface area (TPSA) is 68.4 Å². The van der Waals surface area contributed by atoms with Crippen LogP contribution in [0.4, 0.5) is 4.79 Å². The largest absolute Gasteiger partial charge is 0.467 e. The molecule has 0 aromatic carbocycles. The van der Waals surface area contributed by atoms with E-state index in [-0.39, 0.29) is 12.2 Å². The summed E-state index contributed by atoms with van der Waals surface area (Å²) in [6.45, 7) is 5.76. The van der Waals surface area contributed by atoms with Gasteiger partial charge in [0, 0.05) is 6.42 Å². The summed E-state index contributed by atoms with van der Waals surface area (Å²) in [6, 6.07) is -0.603. The fraction of sp³-hybridized carbons (Fsp3) is 0.833. The lowest BCUT2D eigenvalue weighted by Crippen LogP contribution is -2.52. The first-order chi connectivity index (χ1) is 8.31. The maximum absolute atomic E-state index is 12.0. The first kappa shape index (κ1) is 13.1. The standard InChI is InChI=1S/C12H19NO5/c1-12(2,3)18-11(15)13-6-9-8(17-9)5-7(13)10(14)16-4/h7-9H,5-6H2,1-4H3/t7-,8-,9+/m0/s1.